The number of hydrogen-bond acceptors (Lipinski definition) is 4. The van der Waals surface area contributed by atoms with Crippen molar-refractivity contribution in [2.75, 3.05) is 26.2 Å². The Morgan fingerprint density at radius 1 is 1.38 bits per heavy atom. The van der Waals surface area contributed by atoms with Gasteiger partial charge in [0.25, 0.3) is 0 Å². The van der Waals surface area contributed by atoms with Gasteiger partial charge in [-0.3, -0.25) is 9.48 Å². The van der Waals surface area contributed by atoms with E-state index in [4.69, 9.17) is 0 Å². The van der Waals surface area contributed by atoms with Crippen molar-refractivity contribution in [2.45, 2.75) is 59.0 Å². The second-order valence-electron chi connectivity index (χ2n) is 7.40. The van der Waals surface area contributed by atoms with Gasteiger partial charge in [0, 0.05) is 18.8 Å². The topological polar surface area (TPSA) is 71.0 Å². The Labute approximate surface area is 144 Å². The smallest absolute Gasteiger partial charge is 0.237 e. The summed E-state index contributed by atoms with van der Waals surface area (Å²) in [5.74, 6) is 0.141. The molecule has 0 aromatic carbocycles. The van der Waals surface area contributed by atoms with Crippen molar-refractivity contribution in [3.63, 3.8) is 0 Å². The summed E-state index contributed by atoms with van der Waals surface area (Å²) in [5, 5.41) is 14.5. The Morgan fingerprint density at radius 2 is 2.12 bits per heavy atom. The predicted octanol–water partition coefficient (Wildman–Crippen LogP) is 0.910. The summed E-state index contributed by atoms with van der Waals surface area (Å²) < 4.78 is 2.02. The fourth-order valence-electron chi connectivity index (χ4n) is 4.31. The minimum atomic E-state index is -0.0326. The van der Waals surface area contributed by atoms with Crippen molar-refractivity contribution in [1.82, 2.24) is 25.7 Å². The van der Waals surface area contributed by atoms with Gasteiger partial charge in [-0.15, -0.1) is 0 Å². The van der Waals surface area contributed by atoms with Gasteiger partial charge in [-0.2, -0.15) is 5.10 Å². The number of nitrogens with one attached hydrogen (secondary N) is 3. The molecule has 2 aliphatic heterocycles. The van der Waals surface area contributed by atoms with Gasteiger partial charge in [-0.1, -0.05) is 6.92 Å². The zero-order valence-corrected chi connectivity index (χ0v) is 15.2. The number of rotatable bonds is 5. The Kier molecular flexibility index (Phi) is 5.25. The number of hydrogen-bond donors (Lipinski definition) is 3. The molecular formula is C18H31N5O. The molecule has 6 nitrogen and oxygen atoms in total. The molecule has 2 fully saturated rings. The quantitative estimate of drug-likeness (QED) is 0.749. The average molecular weight is 333 g/mol. The van der Waals surface area contributed by atoms with Gasteiger partial charge in [0.15, 0.2) is 0 Å². The molecule has 2 aliphatic rings. The largest absolute Gasteiger partial charge is 0.353 e. The van der Waals surface area contributed by atoms with Crippen LogP contribution in [0.15, 0.2) is 0 Å². The lowest BCUT2D eigenvalue weighted by Gasteiger charge is -2.33. The van der Waals surface area contributed by atoms with E-state index in [2.05, 4.69) is 41.8 Å². The van der Waals surface area contributed by atoms with Gasteiger partial charge < -0.3 is 16.0 Å². The van der Waals surface area contributed by atoms with Crippen LogP contribution in [-0.4, -0.2) is 47.9 Å². The second-order valence-corrected chi connectivity index (χ2v) is 7.40. The molecule has 2 saturated heterocycles. The summed E-state index contributed by atoms with van der Waals surface area (Å²) in [6, 6.07) is -0.0326. The second kappa shape index (κ2) is 7.23. The summed E-state index contributed by atoms with van der Waals surface area (Å²) in [4.78, 5) is 12.5. The van der Waals surface area contributed by atoms with Crippen LogP contribution in [0, 0.1) is 19.3 Å². The van der Waals surface area contributed by atoms with Gasteiger partial charge in [-0.25, -0.2) is 0 Å². The van der Waals surface area contributed by atoms with Crippen molar-refractivity contribution in [2.24, 2.45) is 5.41 Å². The van der Waals surface area contributed by atoms with E-state index in [-0.39, 0.29) is 11.9 Å². The Morgan fingerprint density at radius 3 is 2.79 bits per heavy atom. The molecular weight excluding hydrogens is 302 g/mol. The lowest BCUT2D eigenvalue weighted by atomic mass is 9.77. The third-order valence-corrected chi connectivity index (χ3v) is 5.85. The molecule has 6 heteroatoms. The molecule has 134 valence electrons. The van der Waals surface area contributed by atoms with Crippen LogP contribution in [0.4, 0.5) is 0 Å². The number of carbonyl (C=O) groups is 1. The molecule has 24 heavy (non-hydrogen) atoms. The van der Waals surface area contributed by atoms with E-state index >= 15 is 0 Å². The van der Waals surface area contributed by atoms with Crippen LogP contribution in [0.1, 0.15) is 43.1 Å². The molecule has 0 radical (unpaired) electrons. The molecule has 3 heterocycles. The van der Waals surface area contributed by atoms with Crippen LogP contribution < -0.4 is 16.0 Å². The van der Waals surface area contributed by atoms with E-state index in [1.807, 2.05) is 4.68 Å². The first kappa shape index (κ1) is 17.4. The van der Waals surface area contributed by atoms with Crippen LogP contribution in [0.25, 0.3) is 0 Å². The normalized spacial score (nSPS) is 22.9. The molecule has 1 spiro atoms. The van der Waals surface area contributed by atoms with Crippen LogP contribution >= 0.6 is 0 Å². The highest BCUT2D eigenvalue weighted by Crippen LogP contribution is 2.37. The van der Waals surface area contributed by atoms with E-state index < -0.39 is 0 Å². The monoisotopic (exact) mass is 333 g/mol. The van der Waals surface area contributed by atoms with E-state index in [1.165, 1.54) is 24.1 Å². The Bertz CT molecular complexity index is 588. The lowest BCUT2D eigenvalue weighted by molar-refractivity contribution is -0.123. The van der Waals surface area contributed by atoms with E-state index in [0.29, 0.717) is 12.0 Å². The Balaban J connectivity index is 1.48. The van der Waals surface area contributed by atoms with Crippen LogP contribution in [-0.2, 0) is 17.8 Å². The molecule has 3 N–H and O–H groups in total. The molecule has 3 rings (SSSR count). The molecule has 1 atom stereocenters. The van der Waals surface area contributed by atoms with Crippen LogP contribution in [0.5, 0.6) is 0 Å². The minimum Gasteiger partial charge on any atom is -0.353 e. The van der Waals surface area contributed by atoms with Crippen molar-refractivity contribution in [1.29, 1.82) is 0 Å². The lowest BCUT2D eigenvalue weighted by Crippen LogP contribution is -2.41. The van der Waals surface area contributed by atoms with E-state index in [9.17, 15) is 4.79 Å². The summed E-state index contributed by atoms with van der Waals surface area (Å²) in [7, 11) is 0. The molecule has 0 aliphatic carbocycles. The summed E-state index contributed by atoms with van der Waals surface area (Å²) in [6.45, 7) is 10.8. The van der Waals surface area contributed by atoms with Crippen molar-refractivity contribution < 1.29 is 4.79 Å². The van der Waals surface area contributed by atoms with Gasteiger partial charge in [0.1, 0.15) is 0 Å². The van der Waals surface area contributed by atoms with Crippen LogP contribution in [0.3, 0.4) is 0 Å². The average Bonchev–Trinajstić information content (AvgIpc) is 3.10. The molecule has 1 aromatic heterocycles. The maximum atomic E-state index is 12.5. The number of aryl methyl sites for hydroxylation is 1. The van der Waals surface area contributed by atoms with E-state index in [0.717, 1.165) is 44.7 Å². The van der Waals surface area contributed by atoms with Gasteiger partial charge in [-0.05, 0) is 63.6 Å². The zero-order valence-electron chi connectivity index (χ0n) is 15.2. The third-order valence-electron chi connectivity index (χ3n) is 5.85. The molecule has 1 aromatic rings. The molecule has 0 bridgehead atoms. The van der Waals surface area contributed by atoms with E-state index in [1.54, 1.807) is 0 Å². The zero-order chi connectivity index (χ0) is 17.2. The molecule has 0 unspecified atom stereocenters. The first-order valence-electron chi connectivity index (χ1n) is 9.29. The first-order valence-corrected chi connectivity index (χ1v) is 9.29. The van der Waals surface area contributed by atoms with Gasteiger partial charge >= 0.3 is 0 Å². The van der Waals surface area contributed by atoms with Gasteiger partial charge in [0.05, 0.1) is 18.3 Å². The highest BCUT2D eigenvalue weighted by Gasteiger charge is 2.41. The fraction of sp³-hybridized carbons (Fsp3) is 0.778. The SMILES string of the molecule is CCc1c(C)nn(CCNC(=O)[C@@H]2CC3(CCNCC3)CN2)c1C. The Hall–Kier alpha value is -1.40. The number of amides is 1. The molecule has 0 saturated carbocycles. The first-order chi connectivity index (χ1) is 11.5. The number of nitrogens with zero attached hydrogens (tertiary/aromatic N) is 2. The van der Waals surface area contributed by atoms with Gasteiger partial charge in [0.2, 0.25) is 5.91 Å². The number of carbonyl (C=O) groups excluding carboxylic acids is 1. The highest BCUT2D eigenvalue weighted by atomic mass is 16.2. The summed E-state index contributed by atoms with van der Waals surface area (Å²) in [5.41, 5.74) is 3.98. The van der Waals surface area contributed by atoms with Crippen molar-refractivity contribution >= 4 is 5.91 Å². The number of piperidine rings is 1. The fourth-order valence-corrected chi connectivity index (χ4v) is 4.31. The van der Waals surface area contributed by atoms with Crippen molar-refractivity contribution in [3.05, 3.63) is 17.0 Å². The predicted molar refractivity (Wildman–Crippen MR) is 95.0 cm³/mol. The van der Waals surface area contributed by atoms with Crippen molar-refractivity contribution in [3.8, 4) is 0 Å². The highest BCUT2D eigenvalue weighted by molar-refractivity contribution is 5.82. The third kappa shape index (κ3) is 3.49. The van der Waals surface area contributed by atoms with Crippen LogP contribution in [0.2, 0.25) is 0 Å². The standard InChI is InChI=1S/C18H31N5O/c1-4-15-13(2)22-23(14(15)3)10-9-20-17(24)16-11-18(12-21-16)5-7-19-8-6-18/h16,19,21H,4-12H2,1-3H3,(H,20,24)/t16-/m0/s1. The maximum absolute atomic E-state index is 12.5. The summed E-state index contributed by atoms with van der Waals surface area (Å²) >= 11 is 0. The molecule has 1 amide bonds. The summed E-state index contributed by atoms with van der Waals surface area (Å²) in [6.07, 6.45) is 4.33. The maximum Gasteiger partial charge on any atom is 0.237 e. The number of aromatic nitrogens is 2. The minimum absolute atomic E-state index is 0.0326.